The molecule has 1 aromatic heterocycles. The maximum Gasteiger partial charge on any atom is 0.325 e. The third kappa shape index (κ3) is 3.94. The molecule has 162 valence electrons. The van der Waals surface area contributed by atoms with Gasteiger partial charge in [0, 0.05) is 30.2 Å². The second kappa shape index (κ2) is 7.83. The van der Waals surface area contributed by atoms with Gasteiger partial charge in [-0.25, -0.2) is 13.6 Å². The van der Waals surface area contributed by atoms with Crippen LogP contribution < -0.4 is 5.32 Å². The standard InChI is InChI=1S/C23H23F2N3O3/c1-2-15-5-3-4-6-17(15)18-8-7-16(13-26-18)19(29)14-28-20(30)22(27-21(28)31)9-11-23(24,25)12-10-22/h3-8,13H,2,9-12,14H2,1H3,(H,27,31). The number of amides is 3. The molecule has 0 unspecified atom stereocenters. The van der Waals surface area contributed by atoms with Crippen molar-refractivity contribution in [1.82, 2.24) is 15.2 Å². The first-order chi connectivity index (χ1) is 14.7. The highest BCUT2D eigenvalue weighted by molar-refractivity contribution is 6.11. The number of benzene rings is 1. The largest absolute Gasteiger partial charge is 0.325 e. The van der Waals surface area contributed by atoms with Gasteiger partial charge < -0.3 is 5.32 Å². The summed E-state index contributed by atoms with van der Waals surface area (Å²) < 4.78 is 27.0. The first-order valence-corrected chi connectivity index (χ1v) is 10.3. The molecule has 0 radical (unpaired) electrons. The van der Waals surface area contributed by atoms with Crippen molar-refractivity contribution in [3.8, 4) is 11.3 Å². The number of urea groups is 1. The Morgan fingerprint density at radius 1 is 1.10 bits per heavy atom. The van der Waals surface area contributed by atoms with Gasteiger partial charge in [0.05, 0.1) is 12.2 Å². The second-order valence-corrected chi connectivity index (χ2v) is 8.13. The summed E-state index contributed by atoms with van der Waals surface area (Å²) >= 11 is 0. The van der Waals surface area contributed by atoms with Crippen molar-refractivity contribution in [3.63, 3.8) is 0 Å². The third-order valence-corrected chi connectivity index (χ3v) is 6.14. The molecular formula is C23H23F2N3O3. The number of halogens is 2. The topological polar surface area (TPSA) is 79.4 Å². The van der Waals surface area contributed by atoms with Gasteiger partial charge in [0.15, 0.2) is 5.78 Å². The number of hydrogen-bond acceptors (Lipinski definition) is 4. The third-order valence-electron chi connectivity index (χ3n) is 6.14. The van der Waals surface area contributed by atoms with Crippen LogP contribution in [0, 0.1) is 0 Å². The Morgan fingerprint density at radius 2 is 1.81 bits per heavy atom. The highest BCUT2D eigenvalue weighted by Crippen LogP contribution is 2.41. The molecule has 1 aromatic carbocycles. The van der Waals surface area contributed by atoms with Crippen LogP contribution in [-0.2, 0) is 11.2 Å². The number of Topliss-reactive ketones (excluding diaryl/α,β-unsaturated/α-hetero) is 1. The van der Waals surface area contributed by atoms with Crippen molar-refractivity contribution < 1.29 is 23.2 Å². The number of nitrogens with one attached hydrogen (secondary N) is 1. The maximum atomic E-state index is 13.5. The summed E-state index contributed by atoms with van der Waals surface area (Å²) in [4.78, 5) is 43.1. The fraction of sp³-hybridized carbons (Fsp3) is 0.391. The maximum absolute atomic E-state index is 13.5. The second-order valence-electron chi connectivity index (χ2n) is 8.13. The van der Waals surface area contributed by atoms with Crippen molar-refractivity contribution in [2.24, 2.45) is 0 Å². The minimum Gasteiger partial charge on any atom is -0.323 e. The summed E-state index contributed by atoms with van der Waals surface area (Å²) in [5, 5.41) is 2.54. The van der Waals surface area contributed by atoms with E-state index in [2.05, 4.69) is 17.2 Å². The Bertz CT molecular complexity index is 1030. The van der Waals surface area contributed by atoms with Crippen molar-refractivity contribution in [2.45, 2.75) is 50.5 Å². The van der Waals surface area contributed by atoms with Crippen LogP contribution in [0.25, 0.3) is 11.3 Å². The number of imide groups is 1. The Kier molecular flexibility index (Phi) is 5.33. The van der Waals surface area contributed by atoms with E-state index in [0.29, 0.717) is 0 Å². The van der Waals surface area contributed by atoms with E-state index in [1.165, 1.54) is 6.20 Å². The Labute approximate surface area is 178 Å². The van der Waals surface area contributed by atoms with E-state index in [1.54, 1.807) is 12.1 Å². The molecule has 1 aliphatic carbocycles. The minimum atomic E-state index is -2.83. The predicted molar refractivity (Wildman–Crippen MR) is 110 cm³/mol. The SMILES string of the molecule is CCc1ccccc1-c1ccc(C(=O)CN2C(=O)NC3(CCC(F)(F)CC3)C2=O)cn1. The first-order valence-electron chi connectivity index (χ1n) is 10.3. The minimum absolute atomic E-state index is 0.137. The van der Waals surface area contributed by atoms with Gasteiger partial charge in [-0.15, -0.1) is 0 Å². The van der Waals surface area contributed by atoms with E-state index in [4.69, 9.17) is 0 Å². The average molecular weight is 427 g/mol. The van der Waals surface area contributed by atoms with E-state index in [9.17, 15) is 23.2 Å². The fourth-order valence-corrected chi connectivity index (χ4v) is 4.23. The van der Waals surface area contributed by atoms with Crippen molar-refractivity contribution >= 4 is 17.7 Å². The smallest absolute Gasteiger partial charge is 0.323 e. The predicted octanol–water partition coefficient (Wildman–Crippen LogP) is 3.99. The van der Waals surface area contributed by atoms with E-state index < -0.39 is 48.6 Å². The van der Waals surface area contributed by atoms with Gasteiger partial charge in [-0.05, 0) is 37.0 Å². The van der Waals surface area contributed by atoms with Crippen molar-refractivity contribution in [3.05, 3.63) is 53.7 Å². The number of nitrogens with zero attached hydrogens (tertiary/aromatic N) is 2. The molecule has 0 bridgehead atoms. The molecule has 2 aromatic rings. The van der Waals surface area contributed by atoms with Crippen molar-refractivity contribution in [2.75, 3.05) is 6.54 Å². The summed E-state index contributed by atoms with van der Waals surface area (Å²) in [7, 11) is 0. The molecule has 1 saturated carbocycles. The lowest BCUT2D eigenvalue weighted by Crippen LogP contribution is -2.51. The Hall–Kier alpha value is -3.16. The number of carbonyl (C=O) groups excluding carboxylic acids is 3. The van der Waals surface area contributed by atoms with Crippen LogP contribution in [0.3, 0.4) is 0 Å². The van der Waals surface area contributed by atoms with Gasteiger partial charge in [-0.1, -0.05) is 31.2 Å². The van der Waals surface area contributed by atoms with Crippen LogP contribution in [0.4, 0.5) is 13.6 Å². The zero-order valence-corrected chi connectivity index (χ0v) is 17.2. The van der Waals surface area contributed by atoms with Crippen LogP contribution in [-0.4, -0.2) is 45.6 Å². The number of pyridine rings is 1. The van der Waals surface area contributed by atoms with E-state index >= 15 is 0 Å². The molecule has 4 rings (SSSR count). The molecule has 8 heteroatoms. The summed E-state index contributed by atoms with van der Waals surface area (Å²) in [6.07, 6.45) is 1.07. The summed E-state index contributed by atoms with van der Waals surface area (Å²) in [5.41, 5.74) is 1.79. The zero-order valence-electron chi connectivity index (χ0n) is 17.2. The molecule has 1 spiro atoms. The number of alkyl halides is 2. The summed E-state index contributed by atoms with van der Waals surface area (Å²) in [6.45, 7) is 1.60. The van der Waals surface area contributed by atoms with Gasteiger partial charge >= 0.3 is 6.03 Å². The number of rotatable bonds is 5. The first kappa shape index (κ1) is 21.1. The van der Waals surface area contributed by atoms with Crippen molar-refractivity contribution in [1.29, 1.82) is 0 Å². The number of aromatic nitrogens is 1. The van der Waals surface area contributed by atoms with Crippen LogP contribution in [0.1, 0.15) is 48.5 Å². The molecular weight excluding hydrogens is 404 g/mol. The zero-order chi connectivity index (χ0) is 22.2. The lowest BCUT2D eigenvalue weighted by Gasteiger charge is -2.34. The van der Waals surface area contributed by atoms with Gasteiger partial charge in [0.1, 0.15) is 5.54 Å². The summed E-state index contributed by atoms with van der Waals surface area (Å²) in [5.74, 6) is -3.88. The van der Waals surface area contributed by atoms with Crippen LogP contribution in [0.15, 0.2) is 42.6 Å². The highest BCUT2D eigenvalue weighted by Gasteiger charge is 2.55. The fourth-order valence-electron chi connectivity index (χ4n) is 4.23. The molecule has 31 heavy (non-hydrogen) atoms. The lowest BCUT2D eigenvalue weighted by atomic mass is 9.80. The molecule has 2 fully saturated rings. The van der Waals surface area contributed by atoms with Gasteiger partial charge in [-0.2, -0.15) is 0 Å². The number of ketones is 1. The normalized spacial score (nSPS) is 19.5. The number of hydrogen-bond donors (Lipinski definition) is 1. The molecule has 2 aliphatic rings. The summed E-state index contributed by atoms with van der Waals surface area (Å²) in [6, 6.07) is 10.5. The van der Waals surface area contributed by atoms with E-state index in [-0.39, 0.29) is 18.4 Å². The molecule has 3 amide bonds. The molecule has 6 nitrogen and oxygen atoms in total. The Morgan fingerprint density at radius 3 is 2.45 bits per heavy atom. The van der Waals surface area contributed by atoms with E-state index in [1.807, 2.05) is 24.3 Å². The number of aryl methyl sites for hydroxylation is 1. The Balaban J connectivity index is 1.47. The van der Waals surface area contributed by atoms with Gasteiger partial charge in [0.25, 0.3) is 5.91 Å². The van der Waals surface area contributed by atoms with Crippen LogP contribution >= 0.6 is 0 Å². The average Bonchev–Trinajstić information content (AvgIpc) is 3.00. The molecule has 2 heterocycles. The quantitative estimate of drug-likeness (QED) is 0.578. The lowest BCUT2D eigenvalue weighted by molar-refractivity contribution is -0.135. The highest BCUT2D eigenvalue weighted by atomic mass is 19.3. The molecule has 1 saturated heterocycles. The van der Waals surface area contributed by atoms with Gasteiger partial charge in [-0.3, -0.25) is 19.5 Å². The molecule has 0 atom stereocenters. The van der Waals surface area contributed by atoms with E-state index in [0.717, 1.165) is 28.1 Å². The molecule has 1 aliphatic heterocycles. The molecule has 1 N–H and O–H groups in total. The van der Waals surface area contributed by atoms with Crippen LogP contribution in [0.5, 0.6) is 0 Å². The van der Waals surface area contributed by atoms with Crippen LogP contribution in [0.2, 0.25) is 0 Å². The number of carbonyl (C=O) groups is 3. The van der Waals surface area contributed by atoms with Gasteiger partial charge in [0.2, 0.25) is 5.92 Å². The monoisotopic (exact) mass is 427 g/mol.